The smallest absolute Gasteiger partial charge is 0.326 e. The van der Waals surface area contributed by atoms with Gasteiger partial charge in [-0.25, -0.2) is 4.79 Å². The van der Waals surface area contributed by atoms with E-state index in [1.807, 2.05) is 0 Å². The molecule has 0 saturated carbocycles. The van der Waals surface area contributed by atoms with Crippen molar-refractivity contribution in [2.75, 3.05) is 6.54 Å². The van der Waals surface area contributed by atoms with Crippen molar-refractivity contribution in [3.05, 3.63) is 29.8 Å². The molecular weight excluding hydrogens is 440 g/mol. The average Bonchev–Trinajstić information content (AvgIpc) is 3.31. The van der Waals surface area contributed by atoms with Gasteiger partial charge in [-0.2, -0.15) is 0 Å². The van der Waals surface area contributed by atoms with E-state index < -0.39 is 35.9 Å². The molecule has 10 nitrogen and oxygen atoms in total. The van der Waals surface area contributed by atoms with Crippen molar-refractivity contribution in [2.45, 2.75) is 71.1 Å². The number of phenolic OH excluding ortho intramolecular Hbond substituents is 1. The molecule has 2 rings (SSSR count). The Morgan fingerprint density at radius 3 is 2.03 bits per heavy atom. The minimum Gasteiger partial charge on any atom is -0.508 e. The second-order valence-corrected chi connectivity index (χ2v) is 9.38. The molecule has 1 heterocycles. The van der Waals surface area contributed by atoms with Gasteiger partial charge in [0.15, 0.2) is 0 Å². The lowest BCUT2D eigenvalue weighted by Gasteiger charge is -2.28. The van der Waals surface area contributed by atoms with Crippen molar-refractivity contribution in [3.63, 3.8) is 0 Å². The average molecular weight is 477 g/mol. The van der Waals surface area contributed by atoms with E-state index in [2.05, 4.69) is 21.3 Å². The van der Waals surface area contributed by atoms with E-state index in [4.69, 9.17) is 0 Å². The summed E-state index contributed by atoms with van der Waals surface area (Å²) in [6.07, 6.45) is 1.69. The van der Waals surface area contributed by atoms with Crippen molar-refractivity contribution in [3.8, 4) is 5.75 Å². The van der Waals surface area contributed by atoms with Gasteiger partial charge in [0.2, 0.25) is 17.7 Å². The summed E-state index contributed by atoms with van der Waals surface area (Å²) < 4.78 is 0. The minimum atomic E-state index is -1.15. The van der Waals surface area contributed by atoms with E-state index in [-0.39, 0.29) is 36.0 Å². The van der Waals surface area contributed by atoms with Crippen LogP contribution in [-0.4, -0.2) is 64.6 Å². The molecule has 1 saturated heterocycles. The Labute approximate surface area is 199 Å². The number of benzene rings is 1. The van der Waals surface area contributed by atoms with Crippen LogP contribution in [-0.2, 0) is 25.6 Å². The van der Waals surface area contributed by atoms with Gasteiger partial charge in [-0.3, -0.25) is 14.4 Å². The Balaban J connectivity index is 2.18. The summed E-state index contributed by atoms with van der Waals surface area (Å²) in [7, 11) is 0. The van der Waals surface area contributed by atoms with Crippen molar-refractivity contribution >= 4 is 23.7 Å². The maximum atomic E-state index is 13.2. The molecule has 4 atom stereocenters. The number of hydrogen-bond donors (Lipinski definition) is 6. The molecule has 3 amide bonds. The molecule has 1 aromatic carbocycles. The second-order valence-electron chi connectivity index (χ2n) is 9.38. The predicted molar refractivity (Wildman–Crippen MR) is 126 cm³/mol. The molecule has 1 aliphatic rings. The fourth-order valence-electron chi connectivity index (χ4n) is 3.80. The zero-order valence-corrected chi connectivity index (χ0v) is 20.1. The predicted octanol–water partition coefficient (Wildman–Crippen LogP) is 0.538. The third kappa shape index (κ3) is 7.72. The first-order valence-corrected chi connectivity index (χ1v) is 11.6. The summed E-state index contributed by atoms with van der Waals surface area (Å²) in [5.74, 6) is -3.19. The Kier molecular flexibility index (Phi) is 9.85. The van der Waals surface area contributed by atoms with E-state index in [1.165, 1.54) is 12.1 Å². The van der Waals surface area contributed by atoms with Crippen LogP contribution in [0.15, 0.2) is 24.3 Å². The second kappa shape index (κ2) is 12.4. The Hall–Kier alpha value is -3.14. The largest absolute Gasteiger partial charge is 0.508 e. The molecule has 0 radical (unpaired) electrons. The van der Waals surface area contributed by atoms with Gasteiger partial charge in [-0.05, 0) is 48.9 Å². The van der Waals surface area contributed by atoms with Crippen LogP contribution in [0.4, 0.5) is 0 Å². The van der Waals surface area contributed by atoms with Gasteiger partial charge >= 0.3 is 5.97 Å². The molecule has 0 bridgehead atoms. The number of phenols is 1. The minimum absolute atomic E-state index is 0.0821. The lowest BCUT2D eigenvalue weighted by atomic mass is 9.99. The van der Waals surface area contributed by atoms with Crippen LogP contribution < -0.4 is 21.3 Å². The number of aromatic hydroxyl groups is 1. The highest BCUT2D eigenvalue weighted by Crippen LogP contribution is 2.13. The lowest BCUT2D eigenvalue weighted by Crippen LogP contribution is -2.59. The normalized spacial score (nSPS) is 18.2. The van der Waals surface area contributed by atoms with Gasteiger partial charge in [0.1, 0.15) is 23.9 Å². The van der Waals surface area contributed by atoms with E-state index >= 15 is 0 Å². The maximum absolute atomic E-state index is 13.2. The number of amides is 3. The molecule has 1 aliphatic heterocycles. The summed E-state index contributed by atoms with van der Waals surface area (Å²) in [4.78, 5) is 50.3. The number of aliphatic carboxylic acids is 1. The van der Waals surface area contributed by atoms with Crippen molar-refractivity contribution in [2.24, 2.45) is 11.8 Å². The van der Waals surface area contributed by atoms with Gasteiger partial charge in [0, 0.05) is 6.42 Å². The Morgan fingerprint density at radius 2 is 1.53 bits per heavy atom. The van der Waals surface area contributed by atoms with Crippen LogP contribution >= 0.6 is 0 Å². The molecule has 0 aliphatic carbocycles. The molecular formula is C24H36N4O6. The standard InChI is InChI=1S/C24H36N4O6/c1-13(2)19(23(32)28-20(14(3)4)24(33)34)27-22(31)18(12-15-7-9-16(29)10-8-15)26-21(30)17-6-5-11-25-17/h7-10,13-14,17-20,25,29H,5-6,11-12H2,1-4H3,(H,26,30)(H,27,31)(H,28,32)(H,33,34). The zero-order chi connectivity index (χ0) is 25.4. The molecule has 1 fully saturated rings. The first kappa shape index (κ1) is 27.1. The number of carboxylic acids is 1. The van der Waals surface area contributed by atoms with Crippen LogP contribution in [0.2, 0.25) is 0 Å². The summed E-state index contributed by atoms with van der Waals surface area (Å²) >= 11 is 0. The van der Waals surface area contributed by atoms with E-state index in [9.17, 15) is 29.4 Å². The summed E-state index contributed by atoms with van der Waals surface area (Å²) in [5.41, 5.74) is 0.717. The van der Waals surface area contributed by atoms with E-state index in [1.54, 1.807) is 39.8 Å². The topological polar surface area (TPSA) is 157 Å². The van der Waals surface area contributed by atoms with Gasteiger partial charge < -0.3 is 31.5 Å². The third-order valence-electron chi connectivity index (χ3n) is 5.86. The molecule has 188 valence electrons. The van der Waals surface area contributed by atoms with Crippen LogP contribution in [0, 0.1) is 11.8 Å². The van der Waals surface area contributed by atoms with Crippen LogP contribution in [0.1, 0.15) is 46.1 Å². The molecule has 0 spiro atoms. The van der Waals surface area contributed by atoms with Crippen LogP contribution in [0.5, 0.6) is 5.75 Å². The Bertz CT molecular complexity index is 865. The van der Waals surface area contributed by atoms with Crippen LogP contribution in [0.25, 0.3) is 0 Å². The summed E-state index contributed by atoms with van der Waals surface area (Å²) in [6, 6.07) is 2.86. The summed E-state index contributed by atoms with van der Waals surface area (Å²) in [5, 5.41) is 30.0. The SMILES string of the molecule is CC(C)C(NC(=O)C(NC(=O)C(Cc1ccc(O)cc1)NC(=O)C1CCCN1)C(C)C)C(=O)O. The quantitative estimate of drug-likeness (QED) is 0.272. The first-order valence-electron chi connectivity index (χ1n) is 11.6. The molecule has 6 N–H and O–H groups in total. The summed E-state index contributed by atoms with van der Waals surface area (Å²) in [6.45, 7) is 7.57. The molecule has 10 heteroatoms. The zero-order valence-electron chi connectivity index (χ0n) is 20.1. The first-order chi connectivity index (χ1) is 16.0. The van der Waals surface area contributed by atoms with Gasteiger partial charge in [-0.1, -0.05) is 39.8 Å². The van der Waals surface area contributed by atoms with Gasteiger partial charge in [0.25, 0.3) is 0 Å². The van der Waals surface area contributed by atoms with Crippen molar-refractivity contribution in [1.29, 1.82) is 0 Å². The molecule has 1 aromatic rings. The lowest BCUT2D eigenvalue weighted by molar-refractivity contribution is -0.143. The Morgan fingerprint density at radius 1 is 0.941 bits per heavy atom. The number of carboxylic acid groups (broad SMARTS) is 1. The van der Waals surface area contributed by atoms with Crippen molar-refractivity contribution < 1.29 is 29.4 Å². The number of carbonyl (C=O) groups excluding carboxylic acids is 3. The maximum Gasteiger partial charge on any atom is 0.326 e. The van der Waals surface area contributed by atoms with Crippen molar-refractivity contribution in [1.82, 2.24) is 21.3 Å². The fraction of sp³-hybridized carbons (Fsp3) is 0.583. The van der Waals surface area contributed by atoms with E-state index in [0.29, 0.717) is 12.0 Å². The number of carbonyl (C=O) groups is 4. The highest BCUT2D eigenvalue weighted by atomic mass is 16.4. The monoisotopic (exact) mass is 476 g/mol. The van der Waals surface area contributed by atoms with Gasteiger partial charge in [-0.15, -0.1) is 0 Å². The molecule has 0 aromatic heterocycles. The number of hydrogen-bond acceptors (Lipinski definition) is 6. The highest BCUT2D eigenvalue weighted by Gasteiger charge is 2.33. The molecule has 4 unspecified atom stereocenters. The number of rotatable bonds is 11. The van der Waals surface area contributed by atoms with Crippen LogP contribution in [0.3, 0.4) is 0 Å². The number of nitrogens with one attached hydrogen (secondary N) is 4. The third-order valence-corrected chi connectivity index (χ3v) is 5.86. The fourth-order valence-corrected chi connectivity index (χ4v) is 3.80. The highest BCUT2D eigenvalue weighted by molar-refractivity contribution is 5.94. The van der Waals surface area contributed by atoms with E-state index in [0.717, 1.165) is 13.0 Å². The van der Waals surface area contributed by atoms with Gasteiger partial charge in [0.05, 0.1) is 6.04 Å². The molecule has 34 heavy (non-hydrogen) atoms.